The number of amides is 2. The highest BCUT2D eigenvalue weighted by atomic mass is 16.5. The maximum atomic E-state index is 13.7. The van der Waals surface area contributed by atoms with E-state index in [1.54, 1.807) is 11.0 Å². The zero-order valence-corrected chi connectivity index (χ0v) is 21.1. The lowest BCUT2D eigenvalue weighted by molar-refractivity contribution is -0.138. The van der Waals surface area contributed by atoms with Crippen LogP contribution in [0.15, 0.2) is 66.2 Å². The Morgan fingerprint density at radius 3 is 2.51 bits per heavy atom. The van der Waals surface area contributed by atoms with Crippen molar-refractivity contribution < 1.29 is 24.5 Å². The molecular formula is C30H36N2O5. The van der Waals surface area contributed by atoms with Gasteiger partial charge in [0.25, 0.3) is 0 Å². The van der Waals surface area contributed by atoms with Crippen molar-refractivity contribution in [1.29, 1.82) is 0 Å². The van der Waals surface area contributed by atoms with Gasteiger partial charge in [-0.05, 0) is 30.0 Å². The Morgan fingerprint density at radius 2 is 1.76 bits per heavy atom. The molecule has 5 rings (SSSR count). The van der Waals surface area contributed by atoms with Gasteiger partial charge in [-0.2, -0.15) is 0 Å². The number of aliphatic hydroxyl groups excluding tert-OH is 2. The van der Waals surface area contributed by atoms with E-state index in [9.17, 15) is 19.8 Å². The summed E-state index contributed by atoms with van der Waals surface area (Å²) in [5, 5.41) is 23.7. The highest BCUT2D eigenvalue weighted by Crippen LogP contribution is 2.47. The van der Waals surface area contributed by atoms with Crippen molar-refractivity contribution in [2.75, 3.05) is 13.2 Å². The van der Waals surface area contributed by atoms with Gasteiger partial charge in [0, 0.05) is 30.6 Å². The van der Waals surface area contributed by atoms with Crippen LogP contribution in [-0.4, -0.2) is 58.3 Å². The average Bonchev–Trinajstić information content (AvgIpc) is 3.59. The first kappa shape index (κ1) is 25.5. The van der Waals surface area contributed by atoms with Crippen LogP contribution >= 0.6 is 0 Å². The van der Waals surface area contributed by atoms with Gasteiger partial charge in [0.1, 0.15) is 18.0 Å². The zero-order chi connectivity index (χ0) is 25.8. The number of rotatable bonds is 9. The minimum Gasteiger partial charge on any atom is -0.486 e. The third-order valence-corrected chi connectivity index (χ3v) is 7.99. The molecule has 7 heteroatoms. The predicted octanol–water partition coefficient (Wildman–Crippen LogP) is 3.31. The number of carbonyl (C=O) groups excluding carboxylic acids is 2. The molecular weight excluding hydrogens is 468 g/mol. The van der Waals surface area contributed by atoms with Crippen molar-refractivity contribution in [3.63, 3.8) is 0 Å². The summed E-state index contributed by atoms with van der Waals surface area (Å²) in [5.41, 5.74) is 2.26. The molecule has 2 aromatic rings. The number of ether oxygens (including phenoxy) is 1. The van der Waals surface area contributed by atoms with Gasteiger partial charge in [-0.25, -0.2) is 0 Å². The smallest absolute Gasteiger partial charge is 0.247 e. The Labute approximate surface area is 218 Å². The summed E-state index contributed by atoms with van der Waals surface area (Å²) >= 11 is 0. The van der Waals surface area contributed by atoms with Crippen LogP contribution in [0.4, 0.5) is 0 Å². The quantitative estimate of drug-likeness (QED) is 0.487. The number of nitrogens with zero attached hydrogens (tertiary/aromatic N) is 1. The summed E-state index contributed by atoms with van der Waals surface area (Å²) in [6.45, 7) is 0.280. The Bertz CT molecular complexity index is 1130. The van der Waals surface area contributed by atoms with Crippen LogP contribution in [0.5, 0.6) is 5.75 Å². The summed E-state index contributed by atoms with van der Waals surface area (Å²) < 4.78 is 6.20. The molecule has 0 saturated heterocycles. The number of benzene rings is 2. The second kappa shape index (κ2) is 11.5. The van der Waals surface area contributed by atoms with Crippen LogP contribution in [0.1, 0.15) is 55.6 Å². The molecule has 0 spiro atoms. The number of nitrogens with one attached hydrogen (secondary N) is 1. The molecule has 1 heterocycles. The maximum Gasteiger partial charge on any atom is 0.247 e. The van der Waals surface area contributed by atoms with Crippen LogP contribution < -0.4 is 10.1 Å². The summed E-state index contributed by atoms with van der Waals surface area (Å²) in [7, 11) is 0. The number of carbonyl (C=O) groups is 2. The molecule has 0 bridgehead atoms. The van der Waals surface area contributed by atoms with E-state index in [-0.39, 0.29) is 25.0 Å². The van der Waals surface area contributed by atoms with Crippen LogP contribution in [0.25, 0.3) is 0 Å². The first-order valence-electron chi connectivity index (χ1n) is 13.4. The normalized spacial score (nSPS) is 24.5. The van der Waals surface area contributed by atoms with E-state index in [1.165, 1.54) is 25.7 Å². The first-order chi connectivity index (χ1) is 18.1. The number of hydrogen-bond donors (Lipinski definition) is 3. The van der Waals surface area contributed by atoms with Gasteiger partial charge in [-0.15, -0.1) is 0 Å². The van der Waals surface area contributed by atoms with Crippen molar-refractivity contribution in [2.45, 2.75) is 69.2 Å². The van der Waals surface area contributed by atoms with Gasteiger partial charge >= 0.3 is 0 Å². The van der Waals surface area contributed by atoms with E-state index in [1.807, 2.05) is 54.6 Å². The molecule has 1 fully saturated rings. The molecule has 0 unspecified atom stereocenters. The topological polar surface area (TPSA) is 99.1 Å². The lowest BCUT2D eigenvalue weighted by Crippen LogP contribution is -2.55. The van der Waals surface area contributed by atoms with Gasteiger partial charge in [0.05, 0.1) is 18.6 Å². The second-order valence-electron chi connectivity index (χ2n) is 10.4. The van der Waals surface area contributed by atoms with Crippen LogP contribution in [0.3, 0.4) is 0 Å². The minimum absolute atomic E-state index is 0.0277. The summed E-state index contributed by atoms with van der Waals surface area (Å²) in [6, 6.07) is 16.5. The summed E-state index contributed by atoms with van der Waals surface area (Å²) in [4.78, 5) is 28.7. The molecule has 0 aromatic heterocycles. The molecule has 4 atom stereocenters. The SMILES string of the molecule is O=C(NCCO)C1=C[C@@H](N(Cc2ccccc2)C(=O)CCC2CCCC2)[C@H](O)[C@H]2Oc3ccccc3[C@@H]12. The molecule has 1 aliphatic heterocycles. The molecule has 0 radical (unpaired) electrons. The van der Waals surface area contributed by atoms with Crippen molar-refractivity contribution in [3.05, 3.63) is 77.4 Å². The first-order valence-corrected chi connectivity index (χ1v) is 13.4. The van der Waals surface area contributed by atoms with Crippen LogP contribution in [0, 0.1) is 5.92 Å². The fourth-order valence-electron chi connectivity index (χ4n) is 6.10. The van der Waals surface area contributed by atoms with E-state index < -0.39 is 24.2 Å². The Morgan fingerprint density at radius 1 is 1.03 bits per heavy atom. The third kappa shape index (κ3) is 5.43. The Balaban J connectivity index is 1.48. The zero-order valence-electron chi connectivity index (χ0n) is 21.1. The lowest BCUT2D eigenvalue weighted by Gasteiger charge is -2.41. The molecule has 37 heavy (non-hydrogen) atoms. The van der Waals surface area contributed by atoms with Gasteiger partial charge in [-0.1, -0.05) is 74.2 Å². The molecule has 1 saturated carbocycles. The number of para-hydroxylation sites is 1. The van der Waals surface area contributed by atoms with Gasteiger partial charge in [0.15, 0.2) is 0 Å². The average molecular weight is 505 g/mol. The molecule has 3 aliphatic rings. The standard InChI is InChI=1S/C30H36N2O5/c33-17-16-31-30(36)23-18-24(28(35)29-27(23)22-12-6-7-13-25(22)37-29)32(19-21-10-2-1-3-11-21)26(34)15-14-20-8-4-5-9-20/h1-3,6-7,10-13,18,20,24,27-29,33,35H,4-5,8-9,14-17,19H2,(H,31,36)/t24-,27+,28+,29+/m1/s1. The molecule has 3 N–H and O–H groups in total. The maximum absolute atomic E-state index is 13.7. The summed E-state index contributed by atoms with van der Waals surface area (Å²) in [6.07, 6.45) is 6.10. The number of hydrogen-bond acceptors (Lipinski definition) is 5. The predicted molar refractivity (Wildman–Crippen MR) is 140 cm³/mol. The monoisotopic (exact) mass is 504 g/mol. The van der Waals surface area contributed by atoms with E-state index in [0.29, 0.717) is 30.2 Å². The van der Waals surface area contributed by atoms with Crippen LogP contribution in [0.2, 0.25) is 0 Å². The molecule has 2 aliphatic carbocycles. The third-order valence-electron chi connectivity index (χ3n) is 7.99. The molecule has 7 nitrogen and oxygen atoms in total. The van der Waals surface area contributed by atoms with Crippen molar-refractivity contribution in [1.82, 2.24) is 10.2 Å². The summed E-state index contributed by atoms with van der Waals surface area (Å²) in [5.74, 6) is 0.416. The molecule has 2 aromatic carbocycles. The van der Waals surface area contributed by atoms with Gasteiger partial charge < -0.3 is 25.2 Å². The lowest BCUT2D eigenvalue weighted by atomic mass is 9.77. The van der Waals surface area contributed by atoms with Crippen molar-refractivity contribution in [2.24, 2.45) is 5.92 Å². The number of aliphatic hydroxyl groups is 2. The van der Waals surface area contributed by atoms with E-state index >= 15 is 0 Å². The van der Waals surface area contributed by atoms with Gasteiger partial charge in [-0.3, -0.25) is 9.59 Å². The molecule has 2 amide bonds. The van der Waals surface area contributed by atoms with Crippen molar-refractivity contribution >= 4 is 11.8 Å². The van der Waals surface area contributed by atoms with E-state index in [4.69, 9.17) is 4.74 Å². The highest BCUT2D eigenvalue weighted by Gasteiger charge is 2.50. The van der Waals surface area contributed by atoms with E-state index in [0.717, 1.165) is 17.5 Å². The molecule has 196 valence electrons. The second-order valence-corrected chi connectivity index (χ2v) is 10.4. The van der Waals surface area contributed by atoms with E-state index in [2.05, 4.69) is 5.32 Å². The highest BCUT2D eigenvalue weighted by molar-refractivity contribution is 5.96. The largest absolute Gasteiger partial charge is 0.486 e. The van der Waals surface area contributed by atoms with Crippen molar-refractivity contribution in [3.8, 4) is 5.75 Å². The Kier molecular flexibility index (Phi) is 7.91. The minimum atomic E-state index is -1.01. The fourth-order valence-corrected chi connectivity index (χ4v) is 6.10. The Hall–Kier alpha value is -3.16. The number of fused-ring (bicyclic) bond motifs is 3. The fraction of sp³-hybridized carbons (Fsp3) is 0.467. The van der Waals surface area contributed by atoms with Crippen LogP contribution in [-0.2, 0) is 16.1 Å². The van der Waals surface area contributed by atoms with Gasteiger partial charge in [0.2, 0.25) is 11.8 Å².